The fraction of sp³-hybridized carbons (Fsp3) is 0.185. The fourth-order valence-electron chi connectivity index (χ4n) is 4.22. The molecule has 178 valence electrons. The zero-order valence-electron chi connectivity index (χ0n) is 18.6. The van der Waals surface area contributed by atoms with E-state index >= 15 is 0 Å². The van der Waals surface area contributed by atoms with E-state index in [9.17, 15) is 19.2 Å². The van der Waals surface area contributed by atoms with Gasteiger partial charge in [-0.05, 0) is 79.1 Å². The summed E-state index contributed by atoms with van der Waals surface area (Å²) in [6, 6.07) is 17.7. The van der Waals surface area contributed by atoms with Gasteiger partial charge in [0.1, 0.15) is 11.5 Å². The zero-order valence-corrected chi connectivity index (χ0v) is 18.6. The van der Waals surface area contributed by atoms with E-state index in [0.717, 1.165) is 18.4 Å². The van der Waals surface area contributed by atoms with Gasteiger partial charge in [-0.1, -0.05) is 25.0 Å². The third-order valence-corrected chi connectivity index (χ3v) is 6.14. The third-order valence-electron chi connectivity index (χ3n) is 6.14. The van der Waals surface area contributed by atoms with Gasteiger partial charge in [-0.2, -0.15) is 0 Å². The second-order valence-electron chi connectivity index (χ2n) is 8.30. The van der Waals surface area contributed by atoms with Gasteiger partial charge < -0.3 is 19.7 Å². The van der Waals surface area contributed by atoms with E-state index < -0.39 is 29.3 Å². The smallest absolute Gasteiger partial charge is 0.343 e. The molecule has 0 aromatic heterocycles. The quantitative estimate of drug-likeness (QED) is 0.372. The first kappa shape index (κ1) is 23.7. The van der Waals surface area contributed by atoms with Crippen LogP contribution in [0, 0.1) is 0 Å². The summed E-state index contributed by atoms with van der Waals surface area (Å²) in [6.45, 7) is 0. The van der Waals surface area contributed by atoms with E-state index in [1.807, 2.05) is 0 Å². The fourth-order valence-corrected chi connectivity index (χ4v) is 4.22. The van der Waals surface area contributed by atoms with Crippen molar-refractivity contribution in [3.63, 3.8) is 0 Å². The Morgan fingerprint density at radius 3 is 1.49 bits per heavy atom. The lowest BCUT2D eigenvalue weighted by Gasteiger charge is -2.27. The molecule has 1 aliphatic rings. The normalized spacial score (nSPS) is 14.2. The van der Waals surface area contributed by atoms with Crippen LogP contribution in [0.2, 0.25) is 0 Å². The monoisotopic (exact) mass is 474 g/mol. The molecular formula is C27H22O8. The molecule has 0 radical (unpaired) electrons. The number of carboxylic acid groups (broad SMARTS) is 2. The highest BCUT2D eigenvalue weighted by Crippen LogP contribution is 2.42. The first-order valence-corrected chi connectivity index (χ1v) is 11.0. The van der Waals surface area contributed by atoms with Crippen LogP contribution in [-0.2, 0) is 10.2 Å². The zero-order chi connectivity index (χ0) is 25.0. The van der Waals surface area contributed by atoms with Crippen molar-refractivity contribution in [2.75, 3.05) is 0 Å². The first-order valence-electron chi connectivity index (χ1n) is 11.0. The van der Waals surface area contributed by atoms with E-state index in [0.29, 0.717) is 12.8 Å². The maximum atomic E-state index is 13.2. The van der Waals surface area contributed by atoms with Crippen molar-refractivity contribution in [1.29, 1.82) is 0 Å². The number of rotatable bonds is 7. The summed E-state index contributed by atoms with van der Waals surface area (Å²) in [7, 11) is 0. The molecular weight excluding hydrogens is 452 g/mol. The second kappa shape index (κ2) is 9.80. The Morgan fingerprint density at radius 1 is 0.600 bits per heavy atom. The number of hydrogen-bond donors (Lipinski definition) is 2. The van der Waals surface area contributed by atoms with Crippen molar-refractivity contribution < 1.29 is 38.9 Å². The Bertz CT molecular complexity index is 1250. The number of carbonyl (C=O) groups is 4. The van der Waals surface area contributed by atoms with E-state index in [-0.39, 0.29) is 28.2 Å². The molecule has 0 amide bonds. The summed E-state index contributed by atoms with van der Waals surface area (Å²) in [5, 5.41) is 18.0. The lowest BCUT2D eigenvalue weighted by Crippen LogP contribution is -2.36. The van der Waals surface area contributed by atoms with Crippen molar-refractivity contribution in [3.05, 3.63) is 95.1 Å². The molecule has 0 bridgehead atoms. The van der Waals surface area contributed by atoms with Crippen LogP contribution in [0.1, 0.15) is 62.3 Å². The van der Waals surface area contributed by atoms with E-state index in [4.69, 9.17) is 19.7 Å². The molecule has 2 N–H and O–H groups in total. The maximum absolute atomic E-state index is 13.2. The van der Waals surface area contributed by atoms with Crippen LogP contribution in [-0.4, -0.2) is 34.1 Å². The molecule has 1 fully saturated rings. The van der Waals surface area contributed by atoms with Gasteiger partial charge >= 0.3 is 23.9 Å². The number of benzene rings is 3. The van der Waals surface area contributed by atoms with Gasteiger partial charge in [0.15, 0.2) is 0 Å². The van der Waals surface area contributed by atoms with Crippen molar-refractivity contribution >= 4 is 23.9 Å². The lowest BCUT2D eigenvalue weighted by atomic mass is 9.78. The SMILES string of the molecule is O=C(O)c1ccc(OC(=O)c2ccc(C3(C(=O)Oc4ccc(C(=O)O)cc4)CCCC3)cc2)cc1. The third kappa shape index (κ3) is 5.06. The summed E-state index contributed by atoms with van der Waals surface area (Å²) in [5.74, 6) is -2.69. The predicted octanol–water partition coefficient (Wildman–Crippen LogP) is 4.72. The molecule has 0 unspecified atom stereocenters. The lowest BCUT2D eigenvalue weighted by molar-refractivity contribution is -0.140. The van der Waals surface area contributed by atoms with Crippen molar-refractivity contribution in [2.24, 2.45) is 0 Å². The van der Waals surface area contributed by atoms with Crippen LogP contribution in [0.4, 0.5) is 0 Å². The van der Waals surface area contributed by atoms with Crippen LogP contribution < -0.4 is 9.47 Å². The number of hydrogen-bond acceptors (Lipinski definition) is 6. The minimum Gasteiger partial charge on any atom is -0.478 e. The summed E-state index contributed by atoms with van der Waals surface area (Å²) in [5.41, 5.74) is 0.327. The molecule has 0 spiro atoms. The van der Waals surface area contributed by atoms with Crippen LogP contribution in [0.25, 0.3) is 0 Å². The average molecular weight is 474 g/mol. The Balaban J connectivity index is 1.49. The van der Waals surface area contributed by atoms with Crippen LogP contribution >= 0.6 is 0 Å². The maximum Gasteiger partial charge on any atom is 0.343 e. The summed E-state index contributed by atoms with van der Waals surface area (Å²) in [4.78, 5) is 47.7. The highest BCUT2D eigenvalue weighted by Gasteiger charge is 2.44. The molecule has 3 aromatic rings. The van der Waals surface area contributed by atoms with Crippen molar-refractivity contribution in [3.8, 4) is 11.5 Å². The molecule has 8 nitrogen and oxygen atoms in total. The molecule has 0 saturated heterocycles. The average Bonchev–Trinajstić information content (AvgIpc) is 3.36. The minimum atomic E-state index is -1.07. The highest BCUT2D eigenvalue weighted by molar-refractivity contribution is 5.92. The molecule has 0 heterocycles. The summed E-state index contributed by atoms with van der Waals surface area (Å²) >= 11 is 0. The van der Waals surface area contributed by atoms with Crippen molar-refractivity contribution in [2.45, 2.75) is 31.1 Å². The predicted molar refractivity (Wildman–Crippen MR) is 124 cm³/mol. The Morgan fingerprint density at radius 2 is 1.03 bits per heavy atom. The molecule has 4 rings (SSSR count). The van der Waals surface area contributed by atoms with E-state index in [1.54, 1.807) is 24.3 Å². The number of carbonyl (C=O) groups excluding carboxylic acids is 2. The van der Waals surface area contributed by atoms with Gasteiger partial charge in [0, 0.05) is 0 Å². The van der Waals surface area contributed by atoms with Gasteiger partial charge in [0.2, 0.25) is 0 Å². The first-order chi connectivity index (χ1) is 16.8. The van der Waals surface area contributed by atoms with Crippen LogP contribution in [0.15, 0.2) is 72.8 Å². The number of aromatic carboxylic acids is 2. The highest BCUT2D eigenvalue weighted by atomic mass is 16.5. The molecule has 1 aliphatic carbocycles. The molecule has 0 atom stereocenters. The van der Waals surface area contributed by atoms with Gasteiger partial charge in [0.25, 0.3) is 0 Å². The summed E-state index contributed by atoms with van der Waals surface area (Å²) < 4.78 is 10.9. The van der Waals surface area contributed by atoms with Crippen LogP contribution in [0.3, 0.4) is 0 Å². The minimum absolute atomic E-state index is 0.0840. The van der Waals surface area contributed by atoms with Gasteiger partial charge in [-0.25, -0.2) is 14.4 Å². The summed E-state index contributed by atoms with van der Waals surface area (Å²) in [6.07, 6.45) is 2.89. The van der Waals surface area contributed by atoms with Gasteiger partial charge in [-0.3, -0.25) is 4.79 Å². The Labute approximate surface area is 200 Å². The second-order valence-corrected chi connectivity index (χ2v) is 8.30. The van der Waals surface area contributed by atoms with Gasteiger partial charge in [-0.15, -0.1) is 0 Å². The van der Waals surface area contributed by atoms with Crippen molar-refractivity contribution in [1.82, 2.24) is 0 Å². The molecule has 0 aliphatic heterocycles. The Kier molecular flexibility index (Phi) is 6.64. The number of esters is 2. The molecule has 35 heavy (non-hydrogen) atoms. The number of ether oxygens (including phenoxy) is 2. The topological polar surface area (TPSA) is 127 Å². The van der Waals surface area contributed by atoms with Gasteiger partial charge in [0.05, 0.1) is 22.1 Å². The van der Waals surface area contributed by atoms with E-state index in [1.165, 1.54) is 48.5 Å². The Hall–Kier alpha value is -4.46. The standard InChI is InChI=1S/C27H22O8/c28-23(29)17-5-11-21(12-6-17)34-25(32)19-3-9-20(10-4-19)27(15-1-2-16-27)26(33)35-22-13-7-18(8-14-22)24(30)31/h3-14H,1-2,15-16H2,(H,28,29)(H,30,31). The number of carboxylic acids is 2. The largest absolute Gasteiger partial charge is 0.478 e. The molecule has 1 saturated carbocycles. The molecule has 3 aromatic carbocycles. The van der Waals surface area contributed by atoms with E-state index in [2.05, 4.69) is 0 Å². The molecule has 8 heteroatoms. The van der Waals surface area contributed by atoms with Crippen LogP contribution in [0.5, 0.6) is 11.5 Å².